The molecule has 0 spiro atoms. The second kappa shape index (κ2) is 3.85. The monoisotopic (exact) mass is 164 g/mol. The lowest BCUT2D eigenvalue weighted by atomic mass is 10.2. The molecule has 1 aromatic rings. The van der Waals surface area contributed by atoms with E-state index in [1.807, 2.05) is 19.1 Å². The molecule has 3 heteroatoms. The average molecular weight is 164 g/mol. The Bertz CT molecular complexity index is 266. The molecular formula is C9H12N2O. The smallest absolute Gasteiger partial charge is 0.221 e. The molecule has 0 aliphatic rings. The van der Waals surface area contributed by atoms with E-state index in [1.54, 1.807) is 6.20 Å². The highest BCUT2D eigenvalue weighted by molar-refractivity contribution is 5.76. The van der Waals surface area contributed by atoms with Gasteiger partial charge in [-0.1, -0.05) is 13.0 Å². The van der Waals surface area contributed by atoms with E-state index in [-0.39, 0.29) is 12.3 Å². The lowest BCUT2D eigenvalue weighted by Crippen LogP contribution is -2.13. The second-order valence-corrected chi connectivity index (χ2v) is 2.65. The lowest BCUT2D eigenvalue weighted by molar-refractivity contribution is -0.117. The van der Waals surface area contributed by atoms with Crippen molar-refractivity contribution < 1.29 is 4.79 Å². The third kappa shape index (κ3) is 2.34. The fraction of sp³-hybridized carbons (Fsp3) is 0.333. The summed E-state index contributed by atoms with van der Waals surface area (Å²) in [4.78, 5) is 14.7. The van der Waals surface area contributed by atoms with Gasteiger partial charge in [0.1, 0.15) is 0 Å². The first-order chi connectivity index (χ1) is 5.72. The highest BCUT2D eigenvalue weighted by Crippen LogP contribution is 2.01. The van der Waals surface area contributed by atoms with Crippen molar-refractivity contribution in [1.29, 1.82) is 0 Å². The van der Waals surface area contributed by atoms with Gasteiger partial charge in [-0.3, -0.25) is 9.78 Å². The molecule has 0 saturated carbocycles. The molecule has 0 saturated heterocycles. The maximum Gasteiger partial charge on any atom is 0.221 e. The van der Waals surface area contributed by atoms with Gasteiger partial charge in [-0.2, -0.15) is 0 Å². The fourth-order valence-electron chi connectivity index (χ4n) is 0.970. The molecule has 1 aromatic heterocycles. The van der Waals surface area contributed by atoms with E-state index in [1.165, 1.54) is 0 Å². The summed E-state index contributed by atoms with van der Waals surface area (Å²) in [6.07, 6.45) is 2.89. The molecule has 1 rings (SSSR count). The SMILES string of the molecule is CCc1ccc(CC(N)=O)cn1. The number of nitrogens with zero attached hydrogens (tertiary/aromatic N) is 1. The molecule has 0 bridgehead atoms. The van der Waals surface area contributed by atoms with Crippen LogP contribution in [0.5, 0.6) is 0 Å². The van der Waals surface area contributed by atoms with Gasteiger partial charge in [0.05, 0.1) is 6.42 Å². The van der Waals surface area contributed by atoms with Crippen molar-refractivity contribution in [3.05, 3.63) is 29.6 Å². The molecular weight excluding hydrogens is 152 g/mol. The van der Waals surface area contributed by atoms with Crippen LogP contribution in [0.1, 0.15) is 18.2 Å². The predicted molar refractivity (Wildman–Crippen MR) is 46.5 cm³/mol. The maximum absolute atomic E-state index is 10.5. The number of nitrogens with two attached hydrogens (primary N) is 1. The van der Waals surface area contributed by atoms with Crippen LogP contribution in [-0.2, 0) is 17.6 Å². The van der Waals surface area contributed by atoms with Gasteiger partial charge in [0.2, 0.25) is 5.91 Å². The number of hydrogen-bond acceptors (Lipinski definition) is 2. The highest BCUT2D eigenvalue weighted by Gasteiger charge is 1.97. The van der Waals surface area contributed by atoms with E-state index >= 15 is 0 Å². The average Bonchev–Trinajstić information content (AvgIpc) is 2.05. The summed E-state index contributed by atoms with van der Waals surface area (Å²) in [6.45, 7) is 2.04. The van der Waals surface area contributed by atoms with E-state index < -0.39 is 0 Å². The maximum atomic E-state index is 10.5. The van der Waals surface area contributed by atoms with E-state index in [9.17, 15) is 4.79 Å². The molecule has 0 radical (unpaired) electrons. The van der Waals surface area contributed by atoms with Gasteiger partial charge in [-0.15, -0.1) is 0 Å². The summed E-state index contributed by atoms with van der Waals surface area (Å²) in [5.41, 5.74) is 6.93. The van der Waals surface area contributed by atoms with Crippen LogP contribution in [0.4, 0.5) is 0 Å². The molecule has 1 heterocycles. The Morgan fingerprint density at radius 2 is 2.33 bits per heavy atom. The standard InChI is InChI=1S/C9H12N2O/c1-2-8-4-3-7(6-11-8)5-9(10)12/h3-4,6H,2,5H2,1H3,(H2,10,12). The number of carbonyl (C=O) groups is 1. The molecule has 0 fully saturated rings. The topological polar surface area (TPSA) is 56.0 Å². The first-order valence-corrected chi connectivity index (χ1v) is 3.94. The largest absolute Gasteiger partial charge is 0.369 e. The summed E-state index contributed by atoms with van der Waals surface area (Å²) in [6, 6.07) is 3.80. The van der Waals surface area contributed by atoms with Gasteiger partial charge >= 0.3 is 0 Å². The number of aryl methyl sites for hydroxylation is 1. The zero-order valence-corrected chi connectivity index (χ0v) is 7.08. The van der Waals surface area contributed by atoms with Crippen molar-refractivity contribution in [3.8, 4) is 0 Å². The number of rotatable bonds is 3. The summed E-state index contributed by atoms with van der Waals surface area (Å²) < 4.78 is 0. The summed E-state index contributed by atoms with van der Waals surface area (Å²) in [7, 11) is 0. The fourth-order valence-corrected chi connectivity index (χ4v) is 0.970. The minimum Gasteiger partial charge on any atom is -0.369 e. The van der Waals surface area contributed by atoms with Crippen molar-refractivity contribution in [2.75, 3.05) is 0 Å². The van der Waals surface area contributed by atoms with Crippen LogP contribution in [-0.4, -0.2) is 10.9 Å². The normalized spacial score (nSPS) is 9.75. The van der Waals surface area contributed by atoms with Crippen LogP contribution >= 0.6 is 0 Å². The lowest BCUT2D eigenvalue weighted by Gasteiger charge is -1.98. The van der Waals surface area contributed by atoms with E-state index in [0.29, 0.717) is 0 Å². The zero-order valence-electron chi connectivity index (χ0n) is 7.08. The third-order valence-electron chi connectivity index (χ3n) is 1.63. The molecule has 0 aromatic carbocycles. The van der Waals surface area contributed by atoms with E-state index in [4.69, 9.17) is 5.73 Å². The first kappa shape index (κ1) is 8.71. The van der Waals surface area contributed by atoms with Gasteiger partial charge < -0.3 is 5.73 Å². The van der Waals surface area contributed by atoms with Gasteiger partial charge in [-0.25, -0.2) is 0 Å². The number of pyridine rings is 1. The van der Waals surface area contributed by atoms with Gasteiger partial charge in [0.15, 0.2) is 0 Å². The highest BCUT2D eigenvalue weighted by atomic mass is 16.1. The molecule has 0 aliphatic carbocycles. The van der Waals surface area contributed by atoms with Crippen molar-refractivity contribution in [1.82, 2.24) is 4.98 Å². The van der Waals surface area contributed by atoms with Gasteiger partial charge in [0, 0.05) is 11.9 Å². The molecule has 12 heavy (non-hydrogen) atoms. The number of aromatic nitrogens is 1. The Labute approximate surface area is 71.6 Å². The van der Waals surface area contributed by atoms with E-state index in [0.717, 1.165) is 17.7 Å². The van der Waals surface area contributed by atoms with Crippen LogP contribution in [0, 0.1) is 0 Å². The quantitative estimate of drug-likeness (QED) is 0.713. The number of primary amides is 1. The minimum atomic E-state index is -0.318. The Kier molecular flexibility index (Phi) is 2.80. The van der Waals surface area contributed by atoms with Crippen LogP contribution in [0.25, 0.3) is 0 Å². The van der Waals surface area contributed by atoms with Crippen molar-refractivity contribution in [2.24, 2.45) is 5.73 Å². The van der Waals surface area contributed by atoms with Gasteiger partial charge in [0.25, 0.3) is 0 Å². The van der Waals surface area contributed by atoms with Gasteiger partial charge in [-0.05, 0) is 18.1 Å². The molecule has 2 N–H and O–H groups in total. The zero-order chi connectivity index (χ0) is 8.97. The second-order valence-electron chi connectivity index (χ2n) is 2.65. The summed E-state index contributed by atoms with van der Waals surface area (Å²) in [5, 5.41) is 0. The summed E-state index contributed by atoms with van der Waals surface area (Å²) >= 11 is 0. The Morgan fingerprint density at radius 1 is 1.58 bits per heavy atom. The molecule has 3 nitrogen and oxygen atoms in total. The van der Waals surface area contributed by atoms with Crippen LogP contribution in [0.3, 0.4) is 0 Å². The predicted octanol–water partition coefficient (Wildman–Crippen LogP) is 0.672. The molecule has 0 unspecified atom stereocenters. The number of carbonyl (C=O) groups excluding carboxylic acids is 1. The molecule has 1 amide bonds. The van der Waals surface area contributed by atoms with Crippen LogP contribution < -0.4 is 5.73 Å². The number of amides is 1. The number of hydrogen-bond donors (Lipinski definition) is 1. The van der Waals surface area contributed by atoms with Crippen LogP contribution in [0.2, 0.25) is 0 Å². The molecule has 0 atom stereocenters. The van der Waals surface area contributed by atoms with Crippen molar-refractivity contribution in [3.63, 3.8) is 0 Å². The van der Waals surface area contributed by atoms with Crippen molar-refractivity contribution in [2.45, 2.75) is 19.8 Å². The Morgan fingerprint density at radius 3 is 2.75 bits per heavy atom. The minimum absolute atomic E-state index is 0.275. The van der Waals surface area contributed by atoms with Crippen molar-refractivity contribution >= 4 is 5.91 Å². The molecule has 0 aliphatic heterocycles. The third-order valence-corrected chi connectivity index (χ3v) is 1.63. The Hall–Kier alpha value is -1.38. The van der Waals surface area contributed by atoms with Crippen LogP contribution in [0.15, 0.2) is 18.3 Å². The Balaban J connectivity index is 2.71. The summed E-state index contributed by atoms with van der Waals surface area (Å²) in [5.74, 6) is -0.318. The molecule has 64 valence electrons. The van der Waals surface area contributed by atoms with E-state index in [2.05, 4.69) is 4.98 Å². The first-order valence-electron chi connectivity index (χ1n) is 3.94.